The van der Waals surface area contributed by atoms with Crippen LogP contribution in [0, 0.1) is 13.8 Å². The third kappa shape index (κ3) is 9.89. The topological polar surface area (TPSA) is 114 Å². The summed E-state index contributed by atoms with van der Waals surface area (Å²) in [5, 5.41) is 5.45. The minimum Gasteiger partial charge on any atom is -0.458 e. The summed E-state index contributed by atoms with van der Waals surface area (Å²) in [6, 6.07) is 12.9. The van der Waals surface area contributed by atoms with Crippen molar-refractivity contribution in [3.63, 3.8) is 0 Å². The molecular formula is C33H45N3O6. The van der Waals surface area contributed by atoms with Gasteiger partial charge in [0, 0.05) is 12.5 Å². The quantitative estimate of drug-likeness (QED) is 0.386. The van der Waals surface area contributed by atoms with Crippen LogP contribution in [-0.4, -0.2) is 58.6 Å². The summed E-state index contributed by atoms with van der Waals surface area (Å²) < 4.78 is 11.0. The number of rotatable bonds is 10. The van der Waals surface area contributed by atoms with Crippen molar-refractivity contribution in [2.45, 2.75) is 104 Å². The second-order valence-electron chi connectivity index (χ2n) is 12.9. The zero-order valence-electron chi connectivity index (χ0n) is 26.1. The first-order chi connectivity index (χ1) is 19.5. The monoisotopic (exact) mass is 579 g/mol. The number of hydrogen-bond donors (Lipinski definition) is 2. The van der Waals surface area contributed by atoms with E-state index in [1.807, 2.05) is 62.4 Å². The van der Waals surface area contributed by atoms with Gasteiger partial charge in [-0.05, 0) is 84.9 Å². The number of hydrogen-bond acceptors (Lipinski definition) is 6. The summed E-state index contributed by atoms with van der Waals surface area (Å²) in [6.07, 6.45) is 0.962. The maximum absolute atomic E-state index is 14.2. The van der Waals surface area contributed by atoms with Crippen molar-refractivity contribution in [2.24, 2.45) is 0 Å². The molecule has 9 heteroatoms. The van der Waals surface area contributed by atoms with Gasteiger partial charge in [-0.15, -0.1) is 0 Å². The van der Waals surface area contributed by atoms with E-state index in [1.54, 1.807) is 46.4 Å². The SMILES string of the molecule is Cc1ccc(C(C(=O)NC(Cc2ccccc2)C(=O)OC(C)(C)C)N(C(=O)CNC(=O)OC(C)(C)C)C2CC2)c(C)c1. The molecular weight excluding hydrogens is 534 g/mol. The molecule has 3 amide bonds. The molecule has 0 aliphatic heterocycles. The van der Waals surface area contributed by atoms with Crippen molar-refractivity contribution in [3.8, 4) is 0 Å². The number of benzene rings is 2. The first-order valence-corrected chi connectivity index (χ1v) is 14.5. The van der Waals surface area contributed by atoms with E-state index in [1.165, 1.54) is 0 Å². The number of aryl methyl sites for hydroxylation is 2. The predicted molar refractivity (Wildman–Crippen MR) is 161 cm³/mol. The van der Waals surface area contributed by atoms with E-state index in [0.29, 0.717) is 5.56 Å². The fourth-order valence-corrected chi connectivity index (χ4v) is 4.68. The molecule has 0 spiro atoms. The van der Waals surface area contributed by atoms with E-state index in [2.05, 4.69) is 10.6 Å². The minimum atomic E-state index is -1.02. The Labute approximate surface area is 249 Å². The van der Waals surface area contributed by atoms with Crippen LogP contribution in [0.3, 0.4) is 0 Å². The fraction of sp³-hybridized carbons (Fsp3) is 0.515. The Hall–Kier alpha value is -3.88. The van der Waals surface area contributed by atoms with Crippen LogP contribution < -0.4 is 10.6 Å². The highest BCUT2D eigenvalue weighted by Crippen LogP contribution is 2.36. The zero-order valence-corrected chi connectivity index (χ0v) is 26.1. The van der Waals surface area contributed by atoms with Crippen LogP contribution in [0.1, 0.15) is 82.7 Å². The van der Waals surface area contributed by atoms with Crippen molar-refractivity contribution >= 4 is 23.9 Å². The molecule has 3 rings (SSSR count). The van der Waals surface area contributed by atoms with Crippen molar-refractivity contribution in [1.82, 2.24) is 15.5 Å². The van der Waals surface area contributed by atoms with Gasteiger partial charge in [-0.25, -0.2) is 9.59 Å². The Kier molecular flexibility index (Phi) is 10.4. The molecule has 42 heavy (non-hydrogen) atoms. The van der Waals surface area contributed by atoms with Gasteiger partial charge in [-0.1, -0.05) is 54.1 Å². The number of nitrogens with zero attached hydrogens (tertiary/aromatic N) is 1. The third-order valence-electron chi connectivity index (χ3n) is 6.55. The van der Waals surface area contributed by atoms with Crippen molar-refractivity contribution in [3.05, 3.63) is 70.8 Å². The fourth-order valence-electron chi connectivity index (χ4n) is 4.68. The molecule has 1 aliphatic carbocycles. The largest absolute Gasteiger partial charge is 0.458 e. The van der Waals surface area contributed by atoms with Crippen LogP contribution in [0.5, 0.6) is 0 Å². The van der Waals surface area contributed by atoms with E-state index in [4.69, 9.17) is 9.47 Å². The Bertz CT molecular complexity index is 1270. The van der Waals surface area contributed by atoms with Crippen molar-refractivity contribution in [1.29, 1.82) is 0 Å². The van der Waals surface area contributed by atoms with Crippen LogP contribution in [0.2, 0.25) is 0 Å². The number of nitrogens with one attached hydrogen (secondary N) is 2. The van der Waals surface area contributed by atoms with Crippen LogP contribution in [0.15, 0.2) is 48.5 Å². The zero-order chi connectivity index (χ0) is 31.2. The minimum absolute atomic E-state index is 0.177. The molecule has 228 valence electrons. The van der Waals surface area contributed by atoms with Gasteiger partial charge in [0.2, 0.25) is 11.8 Å². The van der Waals surface area contributed by atoms with Crippen LogP contribution in [-0.2, 0) is 30.3 Å². The molecule has 2 atom stereocenters. The lowest BCUT2D eigenvalue weighted by Gasteiger charge is -2.34. The molecule has 0 aromatic heterocycles. The highest BCUT2D eigenvalue weighted by molar-refractivity contribution is 5.93. The van der Waals surface area contributed by atoms with Gasteiger partial charge in [0.15, 0.2) is 0 Å². The molecule has 1 aliphatic rings. The molecule has 2 unspecified atom stereocenters. The number of esters is 1. The van der Waals surface area contributed by atoms with Crippen LogP contribution in [0.4, 0.5) is 4.79 Å². The Morgan fingerprint density at radius 3 is 2.07 bits per heavy atom. The van der Waals surface area contributed by atoms with E-state index >= 15 is 0 Å². The van der Waals surface area contributed by atoms with Gasteiger partial charge in [-0.2, -0.15) is 0 Å². The lowest BCUT2D eigenvalue weighted by atomic mass is 9.96. The second-order valence-corrected chi connectivity index (χ2v) is 12.9. The molecule has 2 aromatic rings. The van der Waals surface area contributed by atoms with E-state index in [9.17, 15) is 19.2 Å². The standard InChI is InChI=1S/C33H45N3O6/c1-21-14-17-25(22(2)18-21)28(36(24-15-16-24)27(37)20-34-31(40)42-33(6,7)8)29(38)35-26(30(39)41-32(3,4)5)19-23-12-10-9-11-13-23/h9-14,17-18,24,26,28H,15-16,19-20H2,1-8H3,(H,34,40)(H,35,38). The number of carbonyl (C=O) groups is 4. The van der Waals surface area contributed by atoms with Gasteiger partial charge in [0.05, 0.1) is 0 Å². The average molecular weight is 580 g/mol. The predicted octanol–water partition coefficient (Wildman–Crippen LogP) is 4.93. The average Bonchev–Trinajstić information content (AvgIpc) is 3.69. The summed E-state index contributed by atoms with van der Waals surface area (Å²) in [6.45, 7) is 14.1. The molecule has 0 heterocycles. The molecule has 2 N–H and O–H groups in total. The highest BCUT2D eigenvalue weighted by Gasteiger charge is 2.43. The Balaban J connectivity index is 1.95. The first-order valence-electron chi connectivity index (χ1n) is 14.5. The summed E-state index contributed by atoms with van der Waals surface area (Å²) in [5.74, 6) is -1.47. The molecule has 0 saturated heterocycles. The van der Waals surface area contributed by atoms with E-state index in [0.717, 1.165) is 29.5 Å². The maximum atomic E-state index is 14.2. The molecule has 2 aromatic carbocycles. The smallest absolute Gasteiger partial charge is 0.408 e. The molecule has 0 radical (unpaired) electrons. The van der Waals surface area contributed by atoms with Gasteiger partial charge in [0.1, 0.15) is 29.8 Å². The molecule has 0 bridgehead atoms. The van der Waals surface area contributed by atoms with Crippen molar-refractivity contribution < 1.29 is 28.7 Å². The highest BCUT2D eigenvalue weighted by atomic mass is 16.6. The first kappa shape index (κ1) is 32.6. The number of alkyl carbamates (subject to hydrolysis) is 1. The third-order valence-corrected chi connectivity index (χ3v) is 6.55. The summed E-state index contributed by atoms with van der Waals surface area (Å²) in [7, 11) is 0. The molecule has 9 nitrogen and oxygen atoms in total. The molecule has 1 saturated carbocycles. The van der Waals surface area contributed by atoms with Crippen LogP contribution >= 0.6 is 0 Å². The second kappa shape index (κ2) is 13.4. The van der Waals surface area contributed by atoms with Gasteiger partial charge < -0.3 is 25.0 Å². The van der Waals surface area contributed by atoms with E-state index in [-0.39, 0.29) is 19.0 Å². The molecule has 1 fully saturated rings. The number of carbonyl (C=O) groups excluding carboxylic acids is 4. The summed E-state index contributed by atoms with van der Waals surface area (Å²) in [4.78, 5) is 55.1. The van der Waals surface area contributed by atoms with Crippen molar-refractivity contribution in [2.75, 3.05) is 6.54 Å². The lowest BCUT2D eigenvalue weighted by molar-refractivity contribution is -0.159. The number of amides is 3. The number of ether oxygens (including phenoxy) is 2. The Morgan fingerprint density at radius 1 is 0.905 bits per heavy atom. The maximum Gasteiger partial charge on any atom is 0.408 e. The normalized spacial score (nSPS) is 14.8. The summed E-state index contributed by atoms with van der Waals surface area (Å²) in [5.41, 5.74) is 1.88. The summed E-state index contributed by atoms with van der Waals surface area (Å²) >= 11 is 0. The lowest BCUT2D eigenvalue weighted by Crippen LogP contribution is -2.53. The Morgan fingerprint density at radius 2 is 1.52 bits per heavy atom. The van der Waals surface area contributed by atoms with Gasteiger partial charge in [-0.3, -0.25) is 9.59 Å². The van der Waals surface area contributed by atoms with E-state index < -0.39 is 47.2 Å². The van der Waals surface area contributed by atoms with Gasteiger partial charge in [0.25, 0.3) is 0 Å². The van der Waals surface area contributed by atoms with Crippen LogP contribution in [0.25, 0.3) is 0 Å². The van der Waals surface area contributed by atoms with Gasteiger partial charge >= 0.3 is 12.1 Å².